The molecule has 2 aromatic heterocycles. The van der Waals surface area contributed by atoms with Gasteiger partial charge in [0.05, 0.1) is 12.7 Å². The van der Waals surface area contributed by atoms with Crippen molar-refractivity contribution in [2.75, 3.05) is 13.1 Å². The molecule has 0 fully saturated rings. The van der Waals surface area contributed by atoms with Gasteiger partial charge in [0.15, 0.2) is 0 Å². The maximum Gasteiger partial charge on any atom is 0.340 e. The summed E-state index contributed by atoms with van der Waals surface area (Å²) in [5, 5.41) is 13.9. The molecule has 0 bridgehead atoms. The number of ketones is 1. The van der Waals surface area contributed by atoms with Crippen LogP contribution in [0.5, 0.6) is 5.88 Å². The molecule has 0 atom stereocenters. The zero-order valence-electron chi connectivity index (χ0n) is 13.9. The average Bonchev–Trinajstić information content (AvgIpc) is 2.87. The fraction of sp³-hybridized carbons (Fsp3) is 0.263. The van der Waals surface area contributed by atoms with Crippen LogP contribution in [0.25, 0.3) is 11.3 Å². The second kappa shape index (κ2) is 6.84. The van der Waals surface area contributed by atoms with Crippen molar-refractivity contribution in [1.29, 1.82) is 0 Å². The number of Topliss-reactive ketones (excluding diaryl/α,β-unsaturated/α-hetero) is 1. The molecule has 0 aliphatic heterocycles. The van der Waals surface area contributed by atoms with E-state index in [4.69, 9.17) is 0 Å². The lowest BCUT2D eigenvalue weighted by Crippen LogP contribution is -2.33. The third-order valence-electron chi connectivity index (χ3n) is 3.85. The summed E-state index contributed by atoms with van der Waals surface area (Å²) in [5.74, 6) is 0.289. The predicted molar refractivity (Wildman–Crippen MR) is 92.6 cm³/mol. The molecule has 0 unspecified atom stereocenters. The minimum absolute atomic E-state index is 0.0382. The summed E-state index contributed by atoms with van der Waals surface area (Å²) >= 11 is 0. The number of nitrogens with zero attached hydrogens (tertiary/aromatic N) is 2. The Labute approximate surface area is 141 Å². The molecule has 3 rings (SSSR count). The first kappa shape index (κ1) is 16.2. The molecule has 0 saturated heterocycles. The second-order valence-corrected chi connectivity index (χ2v) is 6.22. The Balaban J connectivity index is 2.06. The van der Waals surface area contributed by atoms with Crippen LogP contribution in [-0.2, 0) is 0 Å². The first-order valence-electron chi connectivity index (χ1n) is 8.13. The Morgan fingerprint density at radius 1 is 1.17 bits per heavy atom. The summed E-state index contributed by atoms with van der Waals surface area (Å²) in [4.78, 5) is 12.6. The van der Waals surface area contributed by atoms with Crippen LogP contribution >= 0.6 is 0 Å². The molecule has 1 aromatic carbocycles. The van der Waals surface area contributed by atoms with Crippen LogP contribution in [0, 0.1) is 5.92 Å². The molecule has 0 amide bonds. The quantitative estimate of drug-likeness (QED) is 0.540. The van der Waals surface area contributed by atoms with Crippen molar-refractivity contribution in [1.82, 2.24) is 9.88 Å². The van der Waals surface area contributed by atoms with E-state index in [1.54, 1.807) is 15.2 Å². The van der Waals surface area contributed by atoms with Crippen LogP contribution in [0.2, 0.25) is 0 Å². The Morgan fingerprint density at radius 3 is 2.58 bits per heavy atom. The Kier molecular flexibility index (Phi) is 4.62. The lowest BCUT2D eigenvalue weighted by molar-refractivity contribution is -0.513. The van der Waals surface area contributed by atoms with Gasteiger partial charge in [-0.25, -0.2) is 0 Å². The van der Waals surface area contributed by atoms with E-state index in [-0.39, 0.29) is 18.2 Å². The fourth-order valence-electron chi connectivity index (χ4n) is 2.78. The van der Waals surface area contributed by atoms with Crippen molar-refractivity contribution in [2.45, 2.75) is 13.8 Å². The number of hydrogen-bond donors (Lipinski definition) is 2. The molecule has 5 heteroatoms. The second-order valence-electron chi connectivity index (χ2n) is 6.22. The SMILES string of the molecule is CC(C)CNCC(=O)c1c(O)n(-c2ccccc2)c2cccc[n+]12. The van der Waals surface area contributed by atoms with Gasteiger partial charge in [-0.1, -0.05) is 38.1 Å². The normalized spacial score (nSPS) is 11.3. The van der Waals surface area contributed by atoms with E-state index in [1.165, 1.54) is 0 Å². The van der Waals surface area contributed by atoms with E-state index < -0.39 is 0 Å². The van der Waals surface area contributed by atoms with E-state index in [0.29, 0.717) is 11.6 Å². The topological polar surface area (TPSA) is 58.4 Å². The highest BCUT2D eigenvalue weighted by Crippen LogP contribution is 2.24. The van der Waals surface area contributed by atoms with Gasteiger partial charge in [0.1, 0.15) is 5.69 Å². The molecular formula is C19H22N3O2+. The standard InChI is InChI=1S/C19H21N3O2/c1-14(2)12-20-13-16(23)18-19(24)22(15-8-4-3-5-9-15)17-10-6-7-11-21(17)18/h3-11,14,20H,12-13H2,1-2H3/p+1. The largest absolute Gasteiger partial charge is 0.474 e. The van der Waals surface area contributed by atoms with Crippen LogP contribution in [0.4, 0.5) is 0 Å². The number of para-hydroxylation sites is 1. The minimum Gasteiger partial charge on any atom is -0.474 e. The molecule has 2 N–H and O–H groups in total. The Morgan fingerprint density at radius 2 is 1.88 bits per heavy atom. The van der Waals surface area contributed by atoms with Gasteiger partial charge in [0.25, 0.3) is 11.3 Å². The summed E-state index contributed by atoms with van der Waals surface area (Å²) in [6.07, 6.45) is 1.80. The van der Waals surface area contributed by atoms with Crippen LogP contribution in [0.1, 0.15) is 24.3 Å². The number of carbonyl (C=O) groups is 1. The number of aromatic hydroxyl groups is 1. The maximum absolute atomic E-state index is 12.6. The summed E-state index contributed by atoms with van der Waals surface area (Å²) in [6.45, 7) is 5.13. The van der Waals surface area contributed by atoms with Gasteiger partial charge >= 0.3 is 5.88 Å². The number of imidazole rings is 1. The smallest absolute Gasteiger partial charge is 0.340 e. The molecule has 0 aliphatic rings. The van der Waals surface area contributed by atoms with Crippen LogP contribution in [0.3, 0.4) is 0 Å². The van der Waals surface area contributed by atoms with Crippen molar-refractivity contribution in [3.05, 3.63) is 60.4 Å². The fourth-order valence-corrected chi connectivity index (χ4v) is 2.78. The third kappa shape index (κ3) is 3.03. The zero-order chi connectivity index (χ0) is 17.1. The monoisotopic (exact) mass is 324 g/mol. The van der Waals surface area contributed by atoms with E-state index in [2.05, 4.69) is 19.2 Å². The van der Waals surface area contributed by atoms with E-state index in [0.717, 1.165) is 17.9 Å². The van der Waals surface area contributed by atoms with Crippen molar-refractivity contribution in [2.24, 2.45) is 5.92 Å². The Bertz CT molecular complexity index is 854. The Hall–Kier alpha value is -2.66. The molecule has 0 aliphatic carbocycles. The minimum atomic E-state index is -0.135. The first-order valence-corrected chi connectivity index (χ1v) is 8.13. The highest BCUT2D eigenvalue weighted by Gasteiger charge is 2.30. The summed E-state index contributed by atoms with van der Waals surface area (Å²) in [6, 6.07) is 15.1. The molecule has 124 valence electrons. The van der Waals surface area contributed by atoms with E-state index >= 15 is 0 Å². The number of carbonyl (C=O) groups excluding carboxylic acids is 1. The van der Waals surface area contributed by atoms with E-state index in [9.17, 15) is 9.90 Å². The number of pyridine rings is 1. The zero-order valence-corrected chi connectivity index (χ0v) is 13.9. The number of nitrogens with one attached hydrogen (secondary N) is 1. The van der Waals surface area contributed by atoms with E-state index in [1.807, 2.05) is 48.5 Å². The van der Waals surface area contributed by atoms with Crippen molar-refractivity contribution < 1.29 is 14.3 Å². The van der Waals surface area contributed by atoms with Crippen molar-refractivity contribution in [3.8, 4) is 11.6 Å². The van der Waals surface area contributed by atoms with Gasteiger partial charge in [-0.2, -0.15) is 8.97 Å². The molecule has 3 aromatic rings. The number of rotatable bonds is 6. The lowest BCUT2D eigenvalue weighted by Gasteiger charge is -2.05. The van der Waals surface area contributed by atoms with Crippen molar-refractivity contribution >= 4 is 11.4 Å². The first-order chi connectivity index (χ1) is 11.6. The molecule has 0 spiro atoms. The number of hydrogen-bond acceptors (Lipinski definition) is 3. The van der Waals surface area contributed by atoms with Crippen molar-refractivity contribution in [3.63, 3.8) is 0 Å². The predicted octanol–water partition coefficient (Wildman–Crippen LogP) is 2.35. The summed E-state index contributed by atoms with van der Waals surface area (Å²) in [5.41, 5.74) is 1.85. The van der Waals surface area contributed by atoms with Gasteiger partial charge in [0.2, 0.25) is 5.78 Å². The summed E-state index contributed by atoms with van der Waals surface area (Å²) in [7, 11) is 0. The van der Waals surface area contributed by atoms with Crippen LogP contribution < -0.4 is 9.72 Å². The molecular weight excluding hydrogens is 302 g/mol. The molecule has 5 nitrogen and oxygen atoms in total. The molecule has 0 radical (unpaired) electrons. The van der Waals surface area contributed by atoms with Gasteiger partial charge in [-0.3, -0.25) is 4.79 Å². The van der Waals surface area contributed by atoms with Crippen LogP contribution in [0.15, 0.2) is 54.7 Å². The van der Waals surface area contributed by atoms with Gasteiger partial charge < -0.3 is 10.4 Å². The summed E-state index contributed by atoms with van der Waals surface area (Å²) < 4.78 is 3.43. The maximum atomic E-state index is 12.6. The number of fused-ring (bicyclic) bond motifs is 1. The average molecular weight is 324 g/mol. The number of benzene rings is 1. The highest BCUT2D eigenvalue weighted by molar-refractivity contribution is 5.97. The molecule has 0 saturated carbocycles. The van der Waals surface area contributed by atoms with Gasteiger partial charge in [-0.15, -0.1) is 0 Å². The molecule has 2 heterocycles. The third-order valence-corrected chi connectivity index (χ3v) is 3.85. The van der Waals surface area contributed by atoms with Gasteiger partial charge in [-0.05, 0) is 30.7 Å². The van der Waals surface area contributed by atoms with Gasteiger partial charge in [0, 0.05) is 6.07 Å². The highest BCUT2D eigenvalue weighted by atomic mass is 16.3. The molecule has 24 heavy (non-hydrogen) atoms. The van der Waals surface area contributed by atoms with Crippen LogP contribution in [-0.4, -0.2) is 28.5 Å². The lowest BCUT2D eigenvalue weighted by atomic mass is 10.2. The number of aromatic nitrogens is 2.